The molecular weight excluding hydrogens is 204 g/mol. The molecule has 0 heterocycles. The maximum Gasteiger partial charge on any atom is 0.185 e. The van der Waals surface area contributed by atoms with Crippen LogP contribution >= 0.6 is 12.2 Å². The van der Waals surface area contributed by atoms with Gasteiger partial charge in [0.05, 0.1) is 0 Å². The summed E-state index contributed by atoms with van der Waals surface area (Å²) in [6.07, 6.45) is 1.73. The van der Waals surface area contributed by atoms with Crippen molar-refractivity contribution in [3.8, 4) is 6.07 Å². The predicted octanol–water partition coefficient (Wildman–Crippen LogP) is 2.84. The fourth-order valence-corrected chi connectivity index (χ4v) is 1.52. The maximum absolute atomic E-state index is 8.82. The molecule has 0 amide bonds. The minimum atomic E-state index is 0.268. The van der Waals surface area contributed by atoms with Gasteiger partial charge in [0.15, 0.2) is 4.99 Å². The van der Waals surface area contributed by atoms with Crippen molar-refractivity contribution in [3.05, 3.63) is 42.5 Å². The molecule has 1 rings (SSSR count). The number of nitrogens with zero attached hydrogens (tertiary/aromatic N) is 2. The van der Waals surface area contributed by atoms with E-state index >= 15 is 0 Å². The van der Waals surface area contributed by atoms with Gasteiger partial charge in [-0.1, -0.05) is 24.3 Å². The van der Waals surface area contributed by atoms with E-state index in [4.69, 9.17) is 17.5 Å². The van der Waals surface area contributed by atoms with Crippen LogP contribution in [-0.2, 0) is 0 Å². The zero-order valence-electron chi connectivity index (χ0n) is 8.60. The third-order valence-corrected chi connectivity index (χ3v) is 2.37. The minimum Gasteiger partial charge on any atom is -0.320 e. The van der Waals surface area contributed by atoms with Crippen molar-refractivity contribution in [2.45, 2.75) is 6.92 Å². The van der Waals surface area contributed by atoms with E-state index in [1.54, 1.807) is 11.0 Å². The molecule has 1 aromatic carbocycles. The highest BCUT2D eigenvalue weighted by atomic mass is 32.1. The van der Waals surface area contributed by atoms with Crippen molar-refractivity contribution >= 4 is 22.9 Å². The second kappa shape index (κ2) is 5.28. The molecule has 0 aliphatic carbocycles. The number of anilines is 1. The average Bonchev–Trinajstić information content (AvgIpc) is 2.26. The van der Waals surface area contributed by atoms with Gasteiger partial charge >= 0.3 is 0 Å². The lowest BCUT2D eigenvalue weighted by molar-refractivity contribution is 1.14. The summed E-state index contributed by atoms with van der Waals surface area (Å²) in [4.78, 5) is 2.04. The van der Waals surface area contributed by atoms with Crippen molar-refractivity contribution in [3.63, 3.8) is 0 Å². The molecule has 0 aliphatic heterocycles. The highest BCUT2D eigenvalue weighted by Gasteiger charge is 2.11. The van der Waals surface area contributed by atoms with Gasteiger partial charge in [-0.2, -0.15) is 5.26 Å². The lowest BCUT2D eigenvalue weighted by Crippen LogP contribution is -2.28. The standard InChI is InChI=1S/C12H12N2S/c1-3-8-14(12(15)9-13)11-7-5-4-6-10(11)2/h3-7H,1,8H2,2H3. The Bertz CT molecular complexity index is 418. The summed E-state index contributed by atoms with van der Waals surface area (Å²) < 4.78 is 0. The first kappa shape index (κ1) is 11.4. The van der Waals surface area contributed by atoms with Gasteiger partial charge in [0.2, 0.25) is 0 Å². The number of aryl methyl sites for hydroxylation is 1. The molecule has 76 valence electrons. The van der Waals surface area contributed by atoms with E-state index in [1.165, 1.54) is 0 Å². The number of hydrogen-bond acceptors (Lipinski definition) is 2. The van der Waals surface area contributed by atoms with Gasteiger partial charge < -0.3 is 4.90 Å². The van der Waals surface area contributed by atoms with Crippen molar-refractivity contribution < 1.29 is 0 Å². The summed E-state index contributed by atoms with van der Waals surface area (Å²) in [7, 11) is 0. The molecule has 0 saturated heterocycles. The minimum absolute atomic E-state index is 0.268. The largest absolute Gasteiger partial charge is 0.320 e. The summed E-state index contributed by atoms with van der Waals surface area (Å²) in [5.74, 6) is 0. The van der Waals surface area contributed by atoms with Crippen molar-refractivity contribution in [2.75, 3.05) is 11.4 Å². The van der Waals surface area contributed by atoms with Crippen LogP contribution in [0.15, 0.2) is 36.9 Å². The first-order valence-corrected chi connectivity index (χ1v) is 4.99. The topological polar surface area (TPSA) is 27.0 Å². The molecule has 0 aliphatic rings. The van der Waals surface area contributed by atoms with Gasteiger partial charge in [0, 0.05) is 12.2 Å². The van der Waals surface area contributed by atoms with E-state index in [-0.39, 0.29) is 4.99 Å². The first-order valence-electron chi connectivity index (χ1n) is 4.59. The summed E-state index contributed by atoms with van der Waals surface area (Å²) in [6, 6.07) is 9.81. The molecule has 0 fully saturated rings. The molecule has 0 N–H and O–H groups in total. The Morgan fingerprint density at radius 2 is 2.27 bits per heavy atom. The van der Waals surface area contributed by atoms with E-state index < -0.39 is 0 Å². The zero-order chi connectivity index (χ0) is 11.3. The molecule has 3 heteroatoms. The van der Waals surface area contributed by atoms with Crippen molar-refractivity contribution in [2.24, 2.45) is 0 Å². The number of nitriles is 1. The Kier molecular flexibility index (Phi) is 4.02. The fraction of sp³-hybridized carbons (Fsp3) is 0.167. The summed E-state index contributed by atoms with van der Waals surface area (Å²) >= 11 is 5.00. The Hall–Kier alpha value is -1.66. The van der Waals surface area contributed by atoms with Gasteiger partial charge in [-0.05, 0) is 30.8 Å². The molecule has 0 atom stereocenters. The monoisotopic (exact) mass is 216 g/mol. The maximum atomic E-state index is 8.82. The third-order valence-electron chi connectivity index (χ3n) is 2.06. The molecule has 15 heavy (non-hydrogen) atoms. The number of para-hydroxylation sites is 1. The number of benzene rings is 1. The van der Waals surface area contributed by atoms with Crippen LogP contribution in [0.1, 0.15) is 5.56 Å². The molecule has 0 saturated carbocycles. The lowest BCUT2D eigenvalue weighted by atomic mass is 10.2. The van der Waals surface area contributed by atoms with E-state index in [0.717, 1.165) is 11.3 Å². The van der Waals surface area contributed by atoms with Crippen LogP contribution in [0.3, 0.4) is 0 Å². The van der Waals surface area contributed by atoms with Gasteiger partial charge in [-0.3, -0.25) is 0 Å². The second-order valence-corrected chi connectivity index (χ2v) is 3.49. The molecule has 1 aromatic rings. The number of rotatable bonds is 3. The third kappa shape index (κ3) is 2.64. The van der Waals surface area contributed by atoms with Gasteiger partial charge in [-0.15, -0.1) is 6.58 Å². The SMILES string of the molecule is C=CCN(C(=S)C#N)c1ccccc1C. The normalized spacial score (nSPS) is 9.07. The highest BCUT2D eigenvalue weighted by Crippen LogP contribution is 2.19. The number of hydrogen-bond donors (Lipinski definition) is 0. The van der Waals surface area contributed by atoms with Crippen LogP contribution in [0.2, 0.25) is 0 Å². The van der Waals surface area contributed by atoms with E-state index in [0.29, 0.717) is 6.54 Å². The van der Waals surface area contributed by atoms with E-state index in [1.807, 2.05) is 37.3 Å². The molecule has 0 spiro atoms. The second-order valence-electron chi connectivity index (χ2n) is 3.10. The Morgan fingerprint density at radius 3 is 2.80 bits per heavy atom. The molecular formula is C12H12N2S. The van der Waals surface area contributed by atoms with Gasteiger partial charge in [-0.25, -0.2) is 0 Å². The van der Waals surface area contributed by atoms with Crippen LogP contribution in [-0.4, -0.2) is 11.5 Å². The summed E-state index contributed by atoms with van der Waals surface area (Å²) in [5.41, 5.74) is 2.06. The Morgan fingerprint density at radius 1 is 1.60 bits per heavy atom. The lowest BCUT2D eigenvalue weighted by Gasteiger charge is -2.21. The van der Waals surface area contributed by atoms with E-state index in [9.17, 15) is 0 Å². The van der Waals surface area contributed by atoms with Crippen molar-refractivity contribution in [1.29, 1.82) is 5.26 Å². The fourth-order valence-electron chi connectivity index (χ4n) is 1.35. The Balaban J connectivity index is 3.10. The van der Waals surface area contributed by atoms with Crippen LogP contribution in [0.5, 0.6) is 0 Å². The van der Waals surface area contributed by atoms with Crippen molar-refractivity contribution in [1.82, 2.24) is 0 Å². The van der Waals surface area contributed by atoms with Crippen LogP contribution in [0.25, 0.3) is 0 Å². The average molecular weight is 216 g/mol. The van der Waals surface area contributed by atoms with E-state index in [2.05, 4.69) is 6.58 Å². The van der Waals surface area contributed by atoms with Crippen LogP contribution in [0.4, 0.5) is 5.69 Å². The zero-order valence-corrected chi connectivity index (χ0v) is 9.42. The van der Waals surface area contributed by atoms with Gasteiger partial charge in [0.25, 0.3) is 0 Å². The molecule has 0 unspecified atom stereocenters. The summed E-state index contributed by atoms with van der Waals surface area (Å²) in [6.45, 7) is 6.21. The smallest absolute Gasteiger partial charge is 0.185 e. The Labute approximate surface area is 95.4 Å². The summed E-state index contributed by atoms with van der Waals surface area (Å²) in [5, 5.41) is 8.82. The molecule has 0 radical (unpaired) electrons. The molecule has 0 bridgehead atoms. The van der Waals surface area contributed by atoms with Crippen LogP contribution < -0.4 is 4.90 Å². The molecule has 2 nitrogen and oxygen atoms in total. The van der Waals surface area contributed by atoms with Gasteiger partial charge in [0.1, 0.15) is 6.07 Å². The first-order chi connectivity index (χ1) is 7.20. The predicted molar refractivity (Wildman–Crippen MR) is 66.9 cm³/mol. The quantitative estimate of drug-likeness (QED) is 0.574. The molecule has 0 aromatic heterocycles. The van der Waals surface area contributed by atoms with Crippen LogP contribution in [0, 0.1) is 18.3 Å². The highest BCUT2D eigenvalue weighted by molar-refractivity contribution is 7.81. The number of thiocarbonyl (C=S) groups is 1.